The maximum absolute atomic E-state index is 8.93. The average Bonchev–Trinajstić information content (AvgIpc) is 1.84. The number of hydrogen-bond donors (Lipinski definition) is 2. The van der Waals surface area contributed by atoms with Gasteiger partial charge in [0.2, 0.25) is 0 Å². The van der Waals surface area contributed by atoms with Gasteiger partial charge in [0.1, 0.15) is 0 Å². The third-order valence-electron chi connectivity index (χ3n) is 0.806. The molecule has 0 fully saturated rings. The molecule has 3 heteroatoms. The van der Waals surface area contributed by atoms with Gasteiger partial charge in [0.15, 0.2) is 5.79 Å². The molecule has 0 bridgehead atoms. The Kier molecular flexibility index (Phi) is 3.46. The van der Waals surface area contributed by atoms with Gasteiger partial charge in [0, 0.05) is 0 Å². The summed E-state index contributed by atoms with van der Waals surface area (Å²) in [6.07, 6.45) is 1.50. The first-order valence-electron chi connectivity index (χ1n) is 2.70. The van der Waals surface area contributed by atoms with E-state index in [1.807, 2.05) is 0 Å². The highest BCUT2D eigenvalue weighted by atomic mass is 16.6. The average molecular weight is 132 g/mol. The highest BCUT2D eigenvalue weighted by molar-refractivity contribution is 4.67. The smallest absolute Gasteiger partial charge is 0.186 e. The molecule has 2 N–H and O–H groups in total. The van der Waals surface area contributed by atoms with E-state index in [4.69, 9.17) is 14.9 Å². The zero-order valence-corrected chi connectivity index (χ0v) is 5.50. The van der Waals surface area contributed by atoms with Gasteiger partial charge in [-0.15, -0.1) is 6.58 Å². The Hall–Kier alpha value is -0.380. The summed E-state index contributed by atoms with van der Waals surface area (Å²) in [5.74, 6) is -1.42. The van der Waals surface area contributed by atoms with Crippen molar-refractivity contribution in [1.29, 1.82) is 0 Å². The van der Waals surface area contributed by atoms with E-state index in [0.29, 0.717) is 0 Å². The van der Waals surface area contributed by atoms with Crippen LogP contribution in [0.1, 0.15) is 6.92 Å². The summed E-state index contributed by atoms with van der Waals surface area (Å²) in [6.45, 7) is 4.61. The second kappa shape index (κ2) is 3.61. The monoisotopic (exact) mass is 132 g/mol. The fourth-order valence-electron chi connectivity index (χ4n) is 0.284. The Bertz CT molecular complexity index is 88.3. The highest BCUT2D eigenvalue weighted by Crippen LogP contribution is 2.02. The molecule has 1 atom stereocenters. The molecule has 3 nitrogen and oxygen atoms in total. The first-order chi connectivity index (χ1) is 4.12. The normalized spacial score (nSPS) is 16.8. The molecule has 0 aromatic heterocycles. The van der Waals surface area contributed by atoms with Crippen LogP contribution in [0.4, 0.5) is 0 Å². The SMILES string of the molecule is C=CCOC(C)(O)CO. The lowest BCUT2D eigenvalue weighted by atomic mass is 10.3. The Morgan fingerprint density at radius 3 is 2.67 bits per heavy atom. The summed E-state index contributed by atoms with van der Waals surface area (Å²) in [4.78, 5) is 0. The van der Waals surface area contributed by atoms with Gasteiger partial charge in [-0.2, -0.15) is 0 Å². The first-order valence-corrected chi connectivity index (χ1v) is 2.70. The highest BCUT2D eigenvalue weighted by Gasteiger charge is 2.17. The molecule has 0 aromatic rings. The van der Waals surface area contributed by atoms with E-state index in [1.165, 1.54) is 13.0 Å². The summed E-state index contributed by atoms with van der Waals surface area (Å²) in [6, 6.07) is 0. The number of hydrogen-bond acceptors (Lipinski definition) is 3. The van der Waals surface area contributed by atoms with Crippen LogP contribution in [0.15, 0.2) is 12.7 Å². The van der Waals surface area contributed by atoms with E-state index in [0.717, 1.165) is 0 Å². The second-order valence-electron chi connectivity index (χ2n) is 1.93. The van der Waals surface area contributed by atoms with Gasteiger partial charge in [0.25, 0.3) is 0 Å². The Morgan fingerprint density at radius 2 is 2.33 bits per heavy atom. The maximum Gasteiger partial charge on any atom is 0.186 e. The lowest BCUT2D eigenvalue weighted by Gasteiger charge is -2.19. The standard InChI is InChI=1S/C6H12O3/c1-3-4-9-6(2,8)5-7/h3,7-8H,1,4-5H2,2H3. The fraction of sp³-hybridized carbons (Fsp3) is 0.667. The lowest BCUT2D eigenvalue weighted by Crippen LogP contribution is -2.32. The maximum atomic E-state index is 8.93. The predicted molar refractivity (Wildman–Crippen MR) is 33.9 cm³/mol. The first kappa shape index (κ1) is 8.62. The molecule has 9 heavy (non-hydrogen) atoms. The number of aliphatic hydroxyl groups excluding tert-OH is 1. The molecule has 0 aliphatic rings. The van der Waals surface area contributed by atoms with E-state index in [2.05, 4.69) is 6.58 Å². The summed E-state index contributed by atoms with van der Waals surface area (Å²) >= 11 is 0. The van der Waals surface area contributed by atoms with Crippen molar-refractivity contribution in [3.05, 3.63) is 12.7 Å². The topological polar surface area (TPSA) is 49.7 Å². The zero-order valence-electron chi connectivity index (χ0n) is 5.50. The minimum atomic E-state index is -1.42. The molecule has 0 heterocycles. The zero-order chi connectivity index (χ0) is 7.33. The summed E-state index contributed by atoms with van der Waals surface area (Å²) < 4.78 is 4.72. The fourth-order valence-corrected chi connectivity index (χ4v) is 0.284. The van der Waals surface area contributed by atoms with Gasteiger partial charge in [-0.25, -0.2) is 0 Å². The Morgan fingerprint density at radius 1 is 1.78 bits per heavy atom. The van der Waals surface area contributed by atoms with Crippen LogP contribution in [0.2, 0.25) is 0 Å². The van der Waals surface area contributed by atoms with Gasteiger partial charge < -0.3 is 14.9 Å². The minimum absolute atomic E-state index is 0.244. The van der Waals surface area contributed by atoms with Crippen molar-refractivity contribution in [2.45, 2.75) is 12.7 Å². The molecular weight excluding hydrogens is 120 g/mol. The largest absolute Gasteiger partial charge is 0.391 e. The molecule has 0 aliphatic carbocycles. The van der Waals surface area contributed by atoms with Crippen LogP contribution in [0.5, 0.6) is 0 Å². The van der Waals surface area contributed by atoms with Gasteiger partial charge in [-0.1, -0.05) is 6.08 Å². The second-order valence-corrected chi connectivity index (χ2v) is 1.93. The van der Waals surface area contributed by atoms with E-state index >= 15 is 0 Å². The van der Waals surface area contributed by atoms with Gasteiger partial charge in [-0.05, 0) is 6.92 Å². The van der Waals surface area contributed by atoms with Crippen LogP contribution in [-0.4, -0.2) is 29.2 Å². The van der Waals surface area contributed by atoms with Crippen molar-refractivity contribution in [1.82, 2.24) is 0 Å². The minimum Gasteiger partial charge on any atom is -0.391 e. The molecule has 0 radical (unpaired) electrons. The van der Waals surface area contributed by atoms with Crippen LogP contribution in [-0.2, 0) is 4.74 Å². The third-order valence-corrected chi connectivity index (χ3v) is 0.806. The van der Waals surface area contributed by atoms with E-state index in [9.17, 15) is 0 Å². The molecule has 0 rings (SSSR count). The molecule has 0 aromatic carbocycles. The van der Waals surface area contributed by atoms with Crippen LogP contribution in [0, 0.1) is 0 Å². The van der Waals surface area contributed by atoms with E-state index in [-0.39, 0.29) is 6.61 Å². The van der Waals surface area contributed by atoms with Gasteiger partial charge in [-0.3, -0.25) is 0 Å². The molecule has 0 amide bonds. The summed E-state index contributed by atoms with van der Waals surface area (Å²) in [7, 11) is 0. The molecule has 0 spiro atoms. The van der Waals surface area contributed by atoms with Gasteiger partial charge >= 0.3 is 0 Å². The molecule has 0 saturated heterocycles. The Balaban J connectivity index is 3.44. The van der Waals surface area contributed by atoms with E-state index < -0.39 is 12.4 Å². The summed E-state index contributed by atoms with van der Waals surface area (Å²) in [5, 5.41) is 17.3. The lowest BCUT2D eigenvalue weighted by molar-refractivity contribution is -0.204. The molecule has 0 aliphatic heterocycles. The number of ether oxygens (including phenoxy) is 1. The van der Waals surface area contributed by atoms with E-state index in [1.54, 1.807) is 0 Å². The van der Waals surface area contributed by atoms with Crippen molar-refractivity contribution in [3.63, 3.8) is 0 Å². The third kappa shape index (κ3) is 4.14. The molecular formula is C6H12O3. The van der Waals surface area contributed by atoms with Crippen molar-refractivity contribution in [3.8, 4) is 0 Å². The number of rotatable bonds is 4. The van der Waals surface area contributed by atoms with Crippen LogP contribution >= 0.6 is 0 Å². The van der Waals surface area contributed by atoms with Crippen LogP contribution in [0.25, 0.3) is 0 Å². The van der Waals surface area contributed by atoms with Crippen molar-refractivity contribution in [2.24, 2.45) is 0 Å². The quantitative estimate of drug-likeness (QED) is 0.414. The van der Waals surface area contributed by atoms with Crippen LogP contribution < -0.4 is 0 Å². The van der Waals surface area contributed by atoms with Crippen LogP contribution in [0.3, 0.4) is 0 Å². The van der Waals surface area contributed by atoms with Crippen molar-refractivity contribution in [2.75, 3.05) is 13.2 Å². The summed E-state index contributed by atoms with van der Waals surface area (Å²) in [5.41, 5.74) is 0. The molecule has 0 saturated carbocycles. The predicted octanol–water partition coefficient (Wildman–Crippen LogP) is -0.110. The van der Waals surface area contributed by atoms with Crippen molar-refractivity contribution < 1.29 is 14.9 Å². The Labute approximate surface area is 54.6 Å². The number of aliphatic hydroxyl groups is 2. The molecule has 1 unspecified atom stereocenters. The van der Waals surface area contributed by atoms with Crippen molar-refractivity contribution >= 4 is 0 Å². The molecule has 54 valence electrons. The van der Waals surface area contributed by atoms with Gasteiger partial charge in [0.05, 0.1) is 13.2 Å².